The maximum atomic E-state index is 12.1. The van der Waals surface area contributed by atoms with Crippen LogP contribution in [0.25, 0.3) is 0 Å². The number of hydrogen-bond donors (Lipinski definition) is 2. The Morgan fingerprint density at radius 3 is 2.83 bits per heavy atom. The number of halogens is 1. The Balaban J connectivity index is 2.50. The minimum absolute atomic E-state index is 0.284. The summed E-state index contributed by atoms with van der Waals surface area (Å²) in [6.45, 7) is 0.284. The van der Waals surface area contributed by atoms with Crippen LogP contribution in [0.15, 0.2) is 9.59 Å². The maximum Gasteiger partial charge on any atom is 0.328 e. The van der Waals surface area contributed by atoms with Crippen molar-refractivity contribution in [1.82, 2.24) is 9.55 Å². The van der Waals surface area contributed by atoms with E-state index in [0.717, 1.165) is 4.57 Å². The molecule has 0 saturated heterocycles. The fourth-order valence-corrected chi connectivity index (χ4v) is 2.43. The molecule has 1 unspecified atom stereocenters. The second kappa shape index (κ2) is 4.97. The Bertz CT molecular complexity index is 590. The number of H-pyrrole nitrogens is 1. The smallest absolute Gasteiger partial charge is 0.328 e. The molecule has 98 valence electrons. The molecule has 0 aliphatic heterocycles. The molecule has 1 heterocycles. The highest BCUT2D eigenvalue weighted by atomic mass is 35.5. The van der Waals surface area contributed by atoms with E-state index in [-0.39, 0.29) is 12.1 Å². The number of nitrogens with two attached hydrogens (primary N) is 1. The Morgan fingerprint density at radius 2 is 2.22 bits per heavy atom. The Hall–Kier alpha value is -1.56. The number of carbonyl (C=O) groups excluding carboxylic acids is 1. The highest BCUT2D eigenvalue weighted by Gasteiger charge is 2.31. The minimum Gasteiger partial charge on any atom is -0.369 e. The molecule has 2 rings (SSSR count). The fraction of sp³-hybridized carbons (Fsp3) is 0.545. The fourth-order valence-electron chi connectivity index (χ4n) is 2.31. The normalized spacial score (nSPS) is 17.7. The van der Waals surface area contributed by atoms with Gasteiger partial charge in [0.2, 0.25) is 5.91 Å². The number of alkyl halides is 1. The van der Waals surface area contributed by atoms with Crippen LogP contribution >= 0.6 is 11.6 Å². The van der Waals surface area contributed by atoms with Gasteiger partial charge in [0, 0.05) is 23.7 Å². The molecule has 0 bridgehead atoms. The predicted molar refractivity (Wildman–Crippen MR) is 66.9 cm³/mol. The molecule has 0 spiro atoms. The Kier molecular flexibility index (Phi) is 3.56. The number of nitrogens with one attached hydrogen (secondary N) is 1. The van der Waals surface area contributed by atoms with Crippen molar-refractivity contribution in [3.63, 3.8) is 0 Å². The standard InChI is InChI=1S/C11H14ClN3O3/c12-4-1-5-15-10(17)7-3-2-6(9(13)16)8(7)14-11(15)18/h6H,1-5H2,(H2,13,16)(H,14,18). The molecule has 1 amide bonds. The summed E-state index contributed by atoms with van der Waals surface area (Å²) in [6.07, 6.45) is 1.50. The van der Waals surface area contributed by atoms with Crippen LogP contribution in [0.4, 0.5) is 0 Å². The van der Waals surface area contributed by atoms with Gasteiger partial charge in [0.15, 0.2) is 0 Å². The first-order valence-corrected chi connectivity index (χ1v) is 6.31. The molecule has 1 aliphatic carbocycles. The molecular weight excluding hydrogens is 258 g/mol. The molecule has 1 aromatic rings. The summed E-state index contributed by atoms with van der Waals surface area (Å²) in [6, 6.07) is 0. The van der Waals surface area contributed by atoms with Gasteiger partial charge in [-0.3, -0.25) is 14.2 Å². The molecular formula is C11H14ClN3O3. The number of hydrogen-bond acceptors (Lipinski definition) is 3. The summed E-state index contributed by atoms with van der Waals surface area (Å²) in [5.74, 6) is -0.683. The molecule has 1 aromatic heterocycles. The zero-order valence-corrected chi connectivity index (χ0v) is 10.5. The monoisotopic (exact) mass is 271 g/mol. The molecule has 0 fully saturated rings. The van der Waals surface area contributed by atoms with Gasteiger partial charge in [-0.2, -0.15) is 0 Å². The zero-order valence-electron chi connectivity index (χ0n) is 9.74. The van der Waals surface area contributed by atoms with E-state index in [1.54, 1.807) is 0 Å². The third kappa shape index (κ3) is 2.08. The summed E-state index contributed by atoms with van der Waals surface area (Å²) in [4.78, 5) is 37.7. The van der Waals surface area contributed by atoms with Gasteiger partial charge in [0.05, 0.1) is 5.92 Å². The lowest BCUT2D eigenvalue weighted by Gasteiger charge is -2.09. The number of carbonyl (C=O) groups is 1. The van der Waals surface area contributed by atoms with Gasteiger partial charge in [-0.05, 0) is 19.3 Å². The van der Waals surface area contributed by atoms with E-state index in [1.807, 2.05) is 0 Å². The number of primary amides is 1. The molecule has 0 radical (unpaired) electrons. The van der Waals surface area contributed by atoms with Crippen molar-refractivity contribution in [2.24, 2.45) is 5.73 Å². The van der Waals surface area contributed by atoms with Gasteiger partial charge < -0.3 is 10.7 Å². The molecule has 1 aliphatic rings. The number of nitrogens with zero attached hydrogens (tertiary/aromatic N) is 1. The van der Waals surface area contributed by atoms with E-state index in [2.05, 4.69) is 4.98 Å². The van der Waals surface area contributed by atoms with E-state index in [0.29, 0.717) is 36.4 Å². The molecule has 0 aromatic carbocycles. The number of aromatic nitrogens is 2. The van der Waals surface area contributed by atoms with Crippen molar-refractivity contribution in [3.8, 4) is 0 Å². The number of rotatable bonds is 4. The molecule has 18 heavy (non-hydrogen) atoms. The summed E-state index contributed by atoms with van der Waals surface area (Å²) in [5.41, 5.74) is 5.29. The van der Waals surface area contributed by atoms with Crippen LogP contribution in [0.5, 0.6) is 0 Å². The summed E-state index contributed by atoms with van der Waals surface area (Å²) >= 11 is 5.55. The van der Waals surface area contributed by atoms with Crippen LogP contribution in [0, 0.1) is 0 Å². The van der Waals surface area contributed by atoms with Crippen LogP contribution in [-0.2, 0) is 17.8 Å². The Morgan fingerprint density at radius 1 is 1.50 bits per heavy atom. The summed E-state index contributed by atoms with van der Waals surface area (Å²) in [5, 5.41) is 0. The van der Waals surface area contributed by atoms with E-state index in [9.17, 15) is 14.4 Å². The van der Waals surface area contributed by atoms with Gasteiger partial charge in [-0.1, -0.05) is 0 Å². The number of fused-ring (bicyclic) bond motifs is 1. The minimum atomic E-state index is -0.553. The summed E-state index contributed by atoms with van der Waals surface area (Å²) in [7, 11) is 0. The molecule has 0 saturated carbocycles. The lowest BCUT2D eigenvalue weighted by molar-refractivity contribution is -0.119. The van der Waals surface area contributed by atoms with Gasteiger partial charge in [-0.25, -0.2) is 4.79 Å². The van der Waals surface area contributed by atoms with Crippen molar-refractivity contribution < 1.29 is 4.79 Å². The average molecular weight is 272 g/mol. The zero-order chi connectivity index (χ0) is 13.3. The lowest BCUT2D eigenvalue weighted by Crippen LogP contribution is -2.38. The van der Waals surface area contributed by atoms with E-state index in [1.165, 1.54) is 0 Å². The van der Waals surface area contributed by atoms with E-state index in [4.69, 9.17) is 17.3 Å². The van der Waals surface area contributed by atoms with Crippen LogP contribution in [0.2, 0.25) is 0 Å². The highest BCUT2D eigenvalue weighted by molar-refractivity contribution is 6.17. The number of amides is 1. The quantitative estimate of drug-likeness (QED) is 0.734. The van der Waals surface area contributed by atoms with Gasteiger partial charge in [0.25, 0.3) is 5.56 Å². The van der Waals surface area contributed by atoms with Crippen LogP contribution < -0.4 is 17.0 Å². The highest BCUT2D eigenvalue weighted by Crippen LogP contribution is 2.27. The van der Waals surface area contributed by atoms with Gasteiger partial charge in [-0.15, -0.1) is 11.6 Å². The van der Waals surface area contributed by atoms with E-state index < -0.39 is 17.5 Å². The second-order valence-corrected chi connectivity index (χ2v) is 4.69. The van der Waals surface area contributed by atoms with Crippen molar-refractivity contribution in [1.29, 1.82) is 0 Å². The largest absolute Gasteiger partial charge is 0.369 e. The topological polar surface area (TPSA) is 97.9 Å². The maximum absolute atomic E-state index is 12.1. The Labute approximate surface area is 108 Å². The average Bonchev–Trinajstić information content (AvgIpc) is 2.72. The first-order valence-electron chi connectivity index (χ1n) is 5.77. The van der Waals surface area contributed by atoms with Crippen LogP contribution in [-0.4, -0.2) is 21.3 Å². The molecule has 3 N–H and O–H groups in total. The van der Waals surface area contributed by atoms with Gasteiger partial charge in [0.1, 0.15) is 0 Å². The van der Waals surface area contributed by atoms with E-state index >= 15 is 0 Å². The first-order chi connectivity index (χ1) is 8.56. The molecule has 1 atom stereocenters. The van der Waals surface area contributed by atoms with Crippen molar-refractivity contribution in [3.05, 3.63) is 32.1 Å². The van der Waals surface area contributed by atoms with Crippen molar-refractivity contribution in [2.75, 3.05) is 5.88 Å². The first kappa shape index (κ1) is 12.9. The molecule has 6 nitrogen and oxygen atoms in total. The van der Waals surface area contributed by atoms with Gasteiger partial charge >= 0.3 is 5.69 Å². The SMILES string of the molecule is NC(=O)C1CCc2c1[nH]c(=O)n(CCCCl)c2=O. The molecule has 7 heteroatoms. The van der Waals surface area contributed by atoms with Crippen molar-refractivity contribution in [2.45, 2.75) is 31.7 Å². The second-order valence-electron chi connectivity index (χ2n) is 4.32. The van der Waals surface area contributed by atoms with Crippen LogP contribution in [0.3, 0.4) is 0 Å². The lowest BCUT2D eigenvalue weighted by atomic mass is 10.1. The predicted octanol–water partition coefficient (Wildman–Crippen LogP) is -0.319. The summed E-state index contributed by atoms with van der Waals surface area (Å²) < 4.78 is 1.13. The van der Waals surface area contributed by atoms with Crippen molar-refractivity contribution >= 4 is 17.5 Å². The third-order valence-electron chi connectivity index (χ3n) is 3.21. The van der Waals surface area contributed by atoms with Crippen LogP contribution in [0.1, 0.15) is 30.0 Å². The third-order valence-corrected chi connectivity index (χ3v) is 3.47. The number of aromatic amines is 1.